The minimum Gasteiger partial charge on any atom is -0.384 e. The predicted octanol–water partition coefficient (Wildman–Crippen LogP) is 1.41. The Hall–Kier alpha value is -2.11. The van der Waals surface area contributed by atoms with Crippen molar-refractivity contribution in [3.63, 3.8) is 0 Å². The minimum atomic E-state index is 0.452. The molecule has 0 saturated heterocycles. The van der Waals surface area contributed by atoms with Crippen molar-refractivity contribution in [3.05, 3.63) is 24.7 Å². The van der Waals surface area contributed by atoms with Gasteiger partial charge in [0.05, 0.1) is 11.9 Å². The number of rotatable bonds is 4. The molecule has 0 amide bonds. The average Bonchev–Trinajstić information content (AvgIpc) is 2.99. The first kappa shape index (κ1) is 10.1. The highest BCUT2D eigenvalue weighted by atomic mass is 15.3. The molecule has 2 heterocycles. The van der Waals surface area contributed by atoms with Gasteiger partial charge >= 0.3 is 0 Å². The molecular weight excluding hydrogens is 216 g/mol. The highest BCUT2D eigenvalue weighted by molar-refractivity contribution is 5.51. The molecule has 0 unspecified atom stereocenters. The highest BCUT2D eigenvalue weighted by Gasteiger charge is 2.21. The smallest absolute Gasteiger partial charge is 0.229 e. The second-order valence-electron chi connectivity index (χ2n) is 4.32. The van der Waals surface area contributed by atoms with Crippen molar-refractivity contribution in [2.75, 3.05) is 11.1 Å². The number of nitrogen functional groups attached to an aromatic ring is 1. The third kappa shape index (κ3) is 2.52. The second kappa shape index (κ2) is 4.04. The van der Waals surface area contributed by atoms with Crippen LogP contribution in [0.25, 0.3) is 0 Å². The van der Waals surface area contributed by atoms with Crippen LogP contribution in [0.1, 0.15) is 12.8 Å². The number of nitrogens with one attached hydrogen (secondary N) is 1. The molecular formula is C11H14N6. The standard InChI is InChI=1S/C11H14N6/c12-10-3-4-13-11(16-10)15-9-5-14-17(7-9)6-8-1-2-8/h3-5,7-8H,1-2,6H2,(H3,12,13,15,16). The maximum absolute atomic E-state index is 5.58. The van der Waals surface area contributed by atoms with Gasteiger partial charge < -0.3 is 11.1 Å². The van der Waals surface area contributed by atoms with Gasteiger partial charge in [-0.3, -0.25) is 4.68 Å². The molecule has 1 fully saturated rings. The zero-order valence-corrected chi connectivity index (χ0v) is 9.37. The summed E-state index contributed by atoms with van der Waals surface area (Å²) >= 11 is 0. The maximum Gasteiger partial charge on any atom is 0.229 e. The molecule has 1 aliphatic carbocycles. The highest BCUT2D eigenvalue weighted by Crippen LogP contribution is 2.30. The van der Waals surface area contributed by atoms with E-state index in [0.29, 0.717) is 11.8 Å². The van der Waals surface area contributed by atoms with Gasteiger partial charge in [0.1, 0.15) is 5.82 Å². The predicted molar refractivity (Wildman–Crippen MR) is 64.7 cm³/mol. The van der Waals surface area contributed by atoms with Crippen molar-refractivity contribution in [2.45, 2.75) is 19.4 Å². The fourth-order valence-electron chi connectivity index (χ4n) is 1.65. The van der Waals surface area contributed by atoms with Crippen LogP contribution in [0.2, 0.25) is 0 Å². The third-order valence-electron chi connectivity index (χ3n) is 2.71. The summed E-state index contributed by atoms with van der Waals surface area (Å²) in [6.45, 7) is 0.999. The van der Waals surface area contributed by atoms with Gasteiger partial charge in [-0.15, -0.1) is 0 Å². The van der Waals surface area contributed by atoms with Gasteiger partial charge in [-0.25, -0.2) is 4.98 Å². The van der Waals surface area contributed by atoms with Crippen molar-refractivity contribution >= 4 is 17.5 Å². The molecule has 1 aliphatic rings. The normalized spacial score (nSPS) is 14.8. The van der Waals surface area contributed by atoms with Crippen molar-refractivity contribution in [1.29, 1.82) is 0 Å². The number of aromatic nitrogens is 4. The molecule has 3 N–H and O–H groups in total. The van der Waals surface area contributed by atoms with E-state index in [0.717, 1.165) is 18.2 Å². The van der Waals surface area contributed by atoms with Crippen LogP contribution < -0.4 is 11.1 Å². The molecule has 2 aromatic heterocycles. The molecule has 1 saturated carbocycles. The molecule has 17 heavy (non-hydrogen) atoms. The zero-order valence-electron chi connectivity index (χ0n) is 9.37. The van der Waals surface area contributed by atoms with E-state index in [1.807, 2.05) is 10.9 Å². The first-order chi connectivity index (χ1) is 8.29. The van der Waals surface area contributed by atoms with E-state index in [4.69, 9.17) is 5.73 Å². The van der Waals surface area contributed by atoms with Crippen molar-refractivity contribution in [2.24, 2.45) is 5.92 Å². The number of hydrogen-bond acceptors (Lipinski definition) is 5. The molecule has 0 spiro atoms. The Morgan fingerprint density at radius 2 is 2.35 bits per heavy atom. The van der Waals surface area contributed by atoms with E-state index in [1.54, 1.807) is 18.5 Å². The summed E-state index contributed by atoms with van der Waals surface area (Å²) in [6, 6.07) is 1.65. The largest absolute Gasteiger partial charge is 0.384 e. The number of nitrogens with zero attached hydrogens (tertiary/aromatic N) is 4. The van der Waals surface area contributed by atoms with Crippen molar-refractivity contribution in [3.8, 4) is 0 Å². The summed E-state index contributed by atoms with van der Waals surface area (Å²) in [7, 11) is 0. The molecule has 6 nitrogen and oxygen atoms in total. The summed E-state index contributed by atoms with van der Waals surface area (Å²) in [5, 5.41) is 7.36. The molecule has 88 valence electrons. The number of hydrogen-bond donors (Lipinski definition) is 2. The third-order valence-corrected chi connectivity index (χ3v) is 2.71. The molecule has 0 radical (unpaired) electrons. The lowest BCUT2D eigenvalue weighted by Gasteiger charge is -2.01. The van der Waals surface area contributed by atoms with Crippen molar-refractivity contribution in [1.82, 2.24) is 19.7 Å². The molecule has 6 heteroatoms. The van der Waals surface area contributed by atoms with Crippen LogP contribution in [-0.2, 0) is 6.54 Å². The summed E-state index contributed by atoms with van der Waals surface area (Å²) in [5.74, 6) is 1.76. The summed E-state index contributed by atoms with van der Waals surface area (Å²) in [6.07, 6.45) is 8.00. The Morgan fingerprint density at radius 3 is 3.12 bits per heavy atom. The quantitative estimate of drug-likeness (QED) is 0.829. The Balaban J connectivity index is 1.69. The van der Waals surface area contributed by atoms with Crippen LogP contribution in [0.15, 0.2) is 24.7 Å². The number of anilines is 3. The lowest BCUT2D eigenvalue weighted by Crippen LogP contribution is -2.00. The van der Waals surface area contributed by atoms with Gasteiger partial charge in [0.25, 0.3) is 0 Å². The van der Waals surface area contributed by atoms with E-state index >= 15 is 0 Å². The van der Waals surface area contributed by atoms with Gasteiger partial charge in [-0.1, -0.05) is 0 Å². The van der Waals surface area contributed by atoms with Crippen LogP contribution in [0.5, 0.6) is 0 Å². The van der Waals surface area contributed by atoms with Crippen LogP contribution >= 0.6 is 0 Å². The van der Waals surface area contributed by atoms with Gasteiger partial charge in [0, 0.05) is 18.9 Å². The fourth-order valence-corrected chi connectivity index (χ4v) is 1.65. The van der Waals surface area contributed by atoms with Gasteiger partial charge in [0.15, 0.2) is 0 Å². The summed E-state index contributed by atoms with van der Waals surface area (Å²) < 4.78 is 1.95. The maximum atomic E-state index is 5.58. The Bertz CT molecular complexity index is 516. The summed E-state index contributed by atoms with van der Waals surface area (Å²) in [4.78, 5) is 8.15. The van der Waals surface area contributed by atoms with E-state index in [-0.39, 0.29) is 0 Å². The van der Waals surface area contributed by atoms with Gasteiger partial charge in [-0.2, -0.15) is 10.1 Å². The van der Waals surface area contributed by atoms with E-state index in [1.165, 1.54) is 12.8 Å². The topological polar surface area (TPSA) is 81.6 Å². The average molecular weight is 230 g/mol. The van der Waals surface area contributed by atoms with Crippen LogP contribution in [0.4, 0.5) is 17.5 Å². The molecule has 0 aromatic carbocycles. The SMILES string of the molecule is Nc1ccnc(Nc2cnn(CC3CC3)c2)n1. The Kier molecular flexibility index (Phi) is 2.40. The van der Waals surface area contributed by atoms with Crippen LogP contribution in [0.3, 0.4) is 0 Å². The Labute approximate surface area is 98.9 Å². The molecule has 2 aromatic rings. The van der Waals surface area contributed by atoms with Crippen molar-refractivity contribution < 1.29 is 0 Å². The van der Waals surface area contributed by atoms with Crippen LogP contribution in [0, 0.1) is 5.92 Å². The summed E-state index contributed by atoms with van der Waals surface area (Å²) in [5.41, 5.74) is 6.47. The lowest BCUT2D eigenvalue weighted by molar-refractivity contribution is 0.563. The molecule has 3 rings (SSSR count). The van der Waals surface area contributed by atoms with Gasteiger partial charge in [0.2, 0.25) is 5.95 Å². The van der Waals surface area contributed by atoms with Gasteiger partial charge in [-0.05, 0) is 24.8 Å². The fraction of sp³-hybridized carbons (Fsp3) is 0.364. The molecule has 0 atom stereocenters. The molecule has 0 bridgehead atoms. The molecule has 0 aliphatic heterocycles. The van der Waals surface area contributed by atoms with E-state index in [9.17, 15) is 0 Å². The van der Waals surface area contributed by atoms with Crippen LogP contribution in [-0.4, -0.2) is 19.7 Å². The number of nitrogens with two attached hydrogens (primary N) is 1. The zero-order chi connectivity index (χ0) is 11.7. The van der Waals surface area contributed by atoms with E-state index in [2.05, 4.69) is 20.4 Å². The monoisotopic (exact) mass is 230 g/mol. The Morgan fingerprint density at radius 1 is 1.47 bits per heavy atom. The lowest BCUT2D eigenvalue weighted by atomic mass is 10.4. The van der Waals surface area contributed by atoms with E-state index < -0.39 is 0 Å². The first-order valence-electron chi connectivity index (χ1n) is 5.67. The first-order valence-corrected chi connectivity index (χ1v) is 5.67. The second-order valence-corrected chi connectivity index (χ2v) is 4.32. The minimum absolute atomic E-state index is 0.452.